The fourth-order valence-corrected chi connectivity index (χ4v) is 0. The van der Waals surface area contributed by atoms with Crippen molar-refractivity contribution in [2.24, 2.45) is 0 Å². The van der Waals surface area contributed by atoms with Crippen molar-refractivity contribution >= 4 is 6.16 Å². The molecule has 0 bridgehead atoms. The summed E-state index contributed by atoms with van der Waals surface area (Å²) < 4.78 is 0. The van der Waals surface area contributed by atoms with E-state index in [0.29, 0.717) is 0 Å². The summed E-state index contributed by atoms with van der Waals surface area (Å²) in [5.41, 5.74) is 0. The minimum atomic E-state index is -2.33. The molecule has 7 heavy (non-hydrogen) atoms. The minimum absolute atomic E-state index is 0. The number of hydrogen-bond donors (Lipinski definition) is 0. The maximum atomic E-state index is 8.33. The Morgan fingerprint density at radius 3 is 1.29 bits per heavy atom. The van der Waals surface area contributed by atoms with Crippen LogP contribution in [0.5, 0.6) is 0 Å². The van der Waals surface area contributed by atoms with Gasteiger partial charge in [0.1, 0.15) is 0 Å². The van der Waals surface area contributed by atoms with Crippen LogP contribution in [-0.4, -0.2) is 6.16 Å². The zero-order valence-electron chi connectivity index (χ0n) is 3.63. The van der Waals surface area contributed by atoms with E-state index in [0.717, 1.165) is 0 Å². The fourth-order valence-electron chi connectivity index (χ4n) is 0. The first-order valence-electron chi connectivity index (χ1n) is 0.612. The maximum absolute atomic E-state index is 8.33. The standard InChI is InChI=1S/CH2O3.O.Rb.Zr/c2-1(3)4;;;/h(H2,2,3,4);;;/q;-2;+1;+4/p-2. The van der Waals surface area contributed by atoms with Gasteiger partial charge in [0, 0.05) is 0 Å². The Morgan fingerprint density at radius 2 is 1.29 bits per heavy atom. The molecule has 0 saturated carbocycles. The van der Waals surface area contributed by atoms with Gasteiger partial charge in [0.25, 0.3) is 0 Å². The quantitative estimate of drug-likeness (QED) is 0.430. The third-order valence-corrected chi connectivity index (χ3v) is 0. The smallest absolute Gasteiger partial charge is 2.00 e. The average molecular weight is 253 g/mol. The van der Waals surface area contributed by atoms with Gasteiger partial charge in [-0.25, -0.2) is 0 Å². The summed E-state index contributed by atoms with van der Waals surface area (Å²) >= 11 is 0. The molecule has 0 amide bonds. The van der Waals surface area contributed by atoms with E-state index in [1.54, 1.807) is 0 Å². The summed E-state index contributed by atoms with van der Waals surface area (Å²) in [5.74, 6) is 0. The zero-order chi connectivity index (χ0) is 3.58. The molecule has 0 fully saturated rings. The SMILES string of the molecule is O=C([O-])[O-].[O-2].[Rb+].[Zr+4]. The molecule has 0 heterocycles. The van der Waals surface area contributed by atoms with E-state index in [4.69, 9.17) is 15.0 Å². The molecular weight excluding hydrogens is 253 g/mol. The first-order valence-corrected chi connectivity index (χ1v) is 0.612. The number of carboxylic acid groups (broad SMARTS) is 2. The summed E-state index contributed by atoms with van der Waals surface area (Å²) in [5, 5.41) is 16.7. The molecule has 6 heteroatoms. The van der Waals surface area contributed by atoms with Crippen LogP contribution >= 0.6 is 0 Å². The van der Waals surface area contributed by atoms with Crippen molar-refractivity contribution in [2.75, 3.05) is 0 Å². The van der Waals surface area contributed by atoms with Gasteiger partial charge in [-0.1, -0.05) is 0 Å². The number of carbonyl (C=O) groups is 1. The summed E-state index contributed by atoms with van der Waals surface area (Å²) in [7, 11) is 0. The average Bonchev–Trinajstić information content (AvgIpc) is 0.811. The monoisotopic (exact) mass is 251 g/mol. The van der Waals surface area contributed by atoms with Gasteiger partial charge in [-0.15, -0.1) is 0 Å². The summed E-state index contributed by atoms with van der Waals surface area (Å²) in [6, 6.07) is 0. The van der Waals surface area contributed by atoms with E-state index in [2.05, 4.69) is 0 Å². The van der Waals surface area contributed by atoms with Crippen molar-refractivity contribution in [1.29, 1.82) is 0 Å². The Labute approximate surface area is 109 Å². The van der Waals surface area contributed by atoms with Crippen molar-refractivity contribution < 1.29 is 105 Å². The van der Waals surface area contributed by atoms with Gasteiger partial charge in [0.15, 0.2) is 0 Å². The molecule has 0 rings (SSSR count). The Hall–Kier alpha value is 1.92. The number of rotatable bonds is 0. The molecule has 0 saturated heterocycles. The fraction of sp³-hybridized carbons (Fsp3) is 0. The molecule has 0 aliphatic carbocycles. The molecule has 0 atom stereocenters. The van der Waals surface area contributed by atoms with Gasteiger partial charge in [0.2, 0.25) is 0 Å². The molecule has 0 aromatic carbocycles. The summed E-state index contributed by atoms with van der Waals surface area (Å²) in [6.07, 6.45) is -2.33. The predicted molar refractivity (Wildman–Crippen MR) is 6.08 cm³/mol. The Morgan fingerprint density at radius 1 is 1.29 bits per heavy atom. The largest absolute Gasteiger partial charge is 4.00 e. The van der Waals surface area contributed by atoms with Crippen LogP contribution in [0, 0.1) is 0 Å². The van der Waals surface area contributed by atoms with Gasteiger partial charge in [-0.05, 0) is 6.16 Å². The van der Waals surface area contributed by atoms with Crippen molar-refractivity contribution in [3.63, 3.8) is 0 Å². The van der Waals surface area contributed by atoms with E-state index >= 15 is 0 Å². The number of carbonyl (C=O) groups excluding carboxylic acids is 1. The topological polar surface area (TPSA) is 91.7 Å². The first-order chi connectivity index (χ1) is 1.73. The van der Waals surface area contributed by atoms with Crippen LogP contribution in [0.3, 0.4) is 0 Å². The number of hydrogen-bond acceptors (Lipinski definition) is 3. The summed E-state index contributed by atoms with van der Waals surface area (Å²) in [4.78, 5) is 8.33. The van der Waals surface area contributed by atoms with Crippen LogP contribution in [0.2, 0.25) is 0 Å². The maximum Gasteiger partial charge on any atom is 4.00 e. The molecule has 32 valence electrons. The van der Waals surface area contributed by atoms with Crippen LogP contribution in [-0.2, 0) is 31.7 Å². The summed E-state index contributed by atoms with van der Waals surface area (Å²) in [6.45, 7) is 0. The van der Waals surface area contributed by atoms with Crippen molar-refractivity contribution in [1.82, 2.24) is 0 Å². The third kappa shape index (κ3) is 75.4. The molecule has 0 aliphatic rings. The van der Waals surface area contributed by atoms with Crippen molar-refractivity contribution in [2.45, 2.75) is 0 Å². The second-order valence-corrected chi connectivity index (χ2v) is 0.250. The minimum Gasteiger partial charge on any atom is -2.00 e. The molecule has 0 aromatic rings. The zero-order valence-corrected chi connectivity index (χ0v) is 11.0. The van der Waals surface area contributed by atoms with Crippen molar-refractivity contribution in [3.8, 4) is 0 Å². The molecule has 0 unspecified atom stereocenters. The van der Waals surface area contributed by atoms with E-state index in [1.165, 1.54) is 0 Å². The molecule has 4 nitrogen and oxygen atoms in total. The second-order valence-electron chi connectivity index (χ2n) is 0.250. The van der Waals surface area contributed by atoms with E-state index in [-0.39, 0.29) is 89.9 Å². The van der Waals surface area contributed by atoms with Crippen LogP contribution in [0.1, 0.15) is 0 Å². The normalized spacial score (nSPS) is 3.43. The van der Waals surface area contributed by atoms with Crippen LogP contribution in [0.4, 0.5) is 4.79 Å². The van der Waals surface area contributed by atoms with Gasteiger partial charge in [-0.2, -0.15) is 0 Å². The van der Waals surface area contributed by atoms with E-state index < -0.39 is 6.16 Å². The molecule has 0 aliphatic heterocycles. The van der Waals surface area contributed by atoms with Gasteiger partial charge >= 0.3 is 84.4 Å². The molecule has 0 spiro atoms. The Balaban J connectivity index is -0.0000000150. The molecule has 0 aromatic heterocycles. The molecule has 0 N–H and O–H groups in total. The third-order valence-electron chi connectivity index (χ3n) is 0. The second kappa shape index (κ2) is 15.7. The van der Waals surface area contributed by atoms with E-state index in [9.17, 15) is 0 Å². The van der Waals surface area contributed by atoms with E-state index in [1.807, 2.05) is 0 Å². The van der Waals surface area contributed by atoms with Crippen LogP contribution < -0.4 is 68.4 Å². The van der Waals surface area contributed by atoms with Gasteiger partial charge in [-0.3, -0.25) is 0 Å². The van der Waals surface area contributed by atoms with Crippen LogP contribution in [0.25, 0.3) is 0 Å². The molecular formula is CO4RbZr+. The Kier molecular flexibility index (Phi) is 51.7. The predicted octanol–water partition coefficient (Wildman–Crippen LogP) is -5.56. The molecule has 0 radical (unpaired) electrons. The first kappa shape index (κ1) is 23.1. The Bertz CT molecular complexity index is 34.7. The van der Waals surface area contributed by atoms with Crippen molar-refractivity contribution in [3.05, 3.63) is 0 Å². The van der Waals surface area contributed by atoms with Gasteiger partial charge in [0.05, 0.1) is 0 Å². The van der Waals surface area contributed by atoms with Gasteiger partial charge < -0.3 is 20.5 Å². The van der Waals surface area contributed by atoms with Crippen LogP contribution in [0.15, 0.2) is 0 Å².